The summed E-state index contributed by atoms with van der Waals surface area (Å²) in [4.78, 5) is 20.9. The van der Waals surface area contributed by atoms with E-state index in [0.29, 0.717) is 24.4 Å². The van der Waals surface area contributed by atoms with Crippen LogP contribution in [0.25, 0.3) is 5.69 Å². The van der Waals surface area contributed by atoms with E-state index in [0.717, 1.165) is 16.8 Å². The summed E-state index contributed by atoms with van der Waals surface area (Å²) in [5, 5.41) is 4.24. The third-order valence-corrected chi connectivity index (χ3v) is 3.91. The highest BCUT2D eigenvalue weighted by atomic mass is 19.2. The molecule has 0 N–H and O–H groups in total. The van der Waals surface area contributed by atoms with E-state index in [9.17, 15) is 13.6 Å². The molecule has 3 aromatic rings. The fourth-order valence-electron chi connectivity index (χ4n) is 2.85. The molecule has 0 amide bonds. The lowest BCUT2D eigenvalue weighted by Gasteiger charge is -2.10. The highest BCUT2D eigenvalue weighted by molar-refractivity contribution is 5.32. The third kappa shape index (κ3) is 2.14. The fourth-order valence-corrected chi connectivity index (χ4v) is 2.85. The van der Waals surface area contributed by atoms with E-state index in [2.05, 4.69) is 15.1 Å². The molecule has 0 bridgehead atoms. The number of hydrogen-bond donors (Lipinski definition) is 0. The van der Waals surface area contributed by atoms with E-state index in [1.54, 1.807) is 18.6 Å². The third-order valence-electron chi connectivity index (χ3n) is 3.91. The van der Waals surface area contributed by atoms with E-state index in [1.165, 1.54) is 10.6 Å². The van der Waals surface area contributed by atoms with Crippen LogP contribution in [-0.4, -0.2) is 24.3 Å². The summed E-state index contributed by atoms with van der Waals surface area (Å²) in [6.45, 7) is 0. The first kappa shape index (κ1) is 13.7. The second kappa shape index (κ2) is 5.08. The van der Waals surface area contributed by atoms with Crippen LogP contribution in [0.2, 0.25) is 0 Å². The van der Waals surface area contributed by atoms with Gasteiger partial charge in [0.1, 0.15) is 5.82 Å². The Morgan fingerprint density at radius 2 is 2.04 bits per heavy atom. The van der Waals surface area contributed by atoms with E-state index in [4.69, 9.17) is 0 Å². The Balaban J connectivity index is 1.82. The first-order valence-corrected chi connectivity index (χ1v) is 7.07. The molecule has 23 heavy (non-hydrogen) atoms. The maximum Gasteiger partial charge on any atom is 0.351 e. The second-order valence-corrected chi connectivity index (χ2v) is 5.26. The van der Waals surface area contributed by atoms with Gasteiger partial charge in [0.05, 0.1) is 23.6 Å². The van der Waals surface area contributed by atoms with Crippen LogP contribution in [0.15, 0.2) is 41.6 Å². The smallest absolute Gasteiger partial charge is 0.269 e. The van der Waals surface area contributed by atoms with Crippen molar-refractivity contribution >= 4 is 0 Å². The maximum absolute atomic E-state index is 13.4. The largest absolute Gasteiger partial charge is 0.351 e. The molecule has 3 heterocycles. The zero-order chi connectivity index (χ0) is 16.0. The van der Waals surface area contributed by atoms with Crippen LogP contribution < -0.4 is 5.69 Å². The van der Waals surface area contributed by atoms with Gasteiger partial charge in [-0.3, -0.25) is 14.5 Å². The van der Waals surface area contributed by atoms with Gasteiger partial charge in [0, 0.05) is 24.9 Å². The molecule has 4 rings (SSSR count). The molecule has 2 aromatic heterocycles. The zero-order valence-corrected chi connectivity index (χ0v) is 11.9. The summed E-state index contributed by atoms with van der Waals surface area (Å²) in [6.07, 6.45) is 6.05. The number of hydrogen-bond acceptors (Lipinski definition) is 4. The number of aromatic nitrogens is 5. The standard InChI is InChI=1S/C15H11F2N5O/c16-10-2-1-9(7-11(10)17)22-15(23)21-13(3-4-14(21)20-22)12-8-18-5-6-19-12/h1-2,5-8,13H,3-4H2/t13-/m0/s1. The van der Waals surface area contributed by atoms with Crippen LogP contribution in [0.1, 0.15) is 24.0 Å². The normalized spacial score (nSPS) is 16.5. The fraction of sp³-hybridized carbons (Fsp3) is 0.200. The van der Waals surface area contributed by atoms with Crippen molar-refractivity contribution in [3.63, 3.8) is 0 Å². The Bertz CT molecular complexity index is 935. The molecule has 1 aromatic carbocycles. The Morgan fingerprint density at radius 1 is 1.17 bits per heavy atom. The first-order valence-electron chi connectivity index (χ1n) is 7.07. The Hall–Kier alpha value is -2.90. The van der Waals surface area contributed by atoms with E-state index in [1.807, 2.05) is 0 Å². The van der Waals surface area contributed by atoms with Crippen molar-refractivity contribution < 1.29 is 8.78 Å². The van der Waals surface area contributed by atoms with Crippen molar-refractivity contribution in [2.24, 2.45) is 0 Å². The number of benzene rings is 1. The van der Waals surface area contributed by atoms with Gasteiger partial charge < -0.3 is 0 Å². The molecule has 8 heteroatoms. The Labute approximate surface area is 129 Å². The minimum atomic E-state index is -1.02. The predicted molar refractivity (Wildman–Crippen MR) is 76.2 cm³/mol. The molecule has 6 nitrogen and oxygen atoms in total. The lowest BCUT2D eigenvalue weighted by Crippen LogP contribution is -2.26. The van der Waals surface area contributed by atoms with Crippen molar-refractivity contribution in [1.82, 2.24) is 24.3 Å². The summed E-state index contributed by atoms with van der Waals surface area (Å²) in [6, 6.07) is 3.00. The SMILES string of the molecule is O=c1n(-c2ccc(F)c(F)c2)nc2n1[C@H](c1cnccn1)CC2. The van der Waals surface area contributed by atoms with Crippen LogP contribution in [0.3, 0.4) is 0 Å². The quantitative estimate of drug-likeness (QED) is 0.721. The number of halogens is 2. The molecule has 0 aliphatic carbocycles. The molecule has 1 atom stereocenters. The predicted octanol–water partition coefficient (Wildman–Crippen LogP) is 1.64. The van der Waals surface area contributed by atoms with E-state index < -0.39 is 17.3 Å². The summed E-state index contributed by atoms with van der Waals surface area (Å²) >= 11 is 0. The molecule has 0 saturated carbocycles. The molecule has 0 radical (unpaired) electrons. The van der Waals surface area contributed by atoms with Gasteiger partial charge in [-0.15, -0.1) is 5.10 Å². The zero-order valence-electron chi connectivity index (χ0n) is 11.9. The van der Waals surface area contributed by atoms with Crippen LogP contribution in [0, 0.1) is 11.6 Å². The van der Waals surface area contributed by atoms with Gasteiger partial charge in [0.15, 0.2) is 11.6 Å². The number of aryl methyl sites for hydroxylation is 1. The summed E-state index contributed by atoms with van der Waals surface area (Å²) in [7, 11) is 0. The Morgan fingerprint density at radius 3 is 2.78 bits per heavy atom. The molecule has 0 saturated heterocycles. The van der Waals surface area contributed by atoms with Crippen LogP contribution >= 0.6 is 0 Å². The van der Waals surface area contributed by atoms with Gasteiger partial charge in [0.2, 0.25) is 0 Å². The number of nitrogens with zero attached hydrogens (tertiary/aromatic N) is 5. The second-order valence-electron chi connectivity index (χ2n) is 5.26. The molecule has 0 unspecified atom stereocenters. The molecule has 0 fully saturated rings. The first-order chi connectivity index (χ1) is 11.1. The highest BCUT2D eigenvalue weighted by Crippen LogP contribution is 2.27. The van der Waals surface area contributed by atoms with Gasteiger partial charge in [0.25, 0.3) is 0 Å². The van der Waals surface area contributed by atoms with Crippen LogP contribution in [0.5, 0.6) is 0 Å². The molecular formula is C15H11F2N5O. The summed E-state index contributed by atoms with van der Waals surface area (Å²) in [5.74, 6) is -1.39. The van der Waals surface area contributed by atoms with Crippen molar-refractivity contribution in [1.29, 1.82) is 0 Å². The number of fused-ring (bicyclic) bond motifs is 1. The van der Waals surface area contributed by atoms with Gasteiger partial charge in [-0.1, -0.05) is 0 Å². The van der Waals surface area contributed by atoms with E-state index in [-0.39, 0.29) is 11.7 Å². The lowest BCUT2D eigenvalue weighted by atomic mass is 10.1. The topological polar surface area (TPSA) is 65.6 Å². The van der Waals surface area contributed by atoms with Gasteiger partial charge in [-0.25, -0.2) is 13.6 Å². The van der Waals surface area contributed by atoms with Gasteiger partial charge in [-0.2, -0.15) is 4.68 Å². The molecule has 1 aliphatic rings. The molecule has 1 aliphatic heterocycles. The molecular weight excluding hydrogens is 304 g/mol. The van der Waals surface area contributed by atoms with Gasteiger partial charge >= 0.3 is 5.69 Å². The molecule has 116 valence electrons. The average Bonchev–Trinajstić information content (AvgIpc) is 3.12. The summed E-state index contributed by atoms with van der Waals surface area (Å²) < 4.78 is 29.1. The van der Waals surface area contributed by atoms with Crippen LogP contribution in [0.4, 0.5) is 8.78 Å². The van der Waals surface area contributed by atoms with Gasteiger partial charge in [-0.05, 0) is 18.6 Å². The average molecular weight is 315 g/mol. The van der Waals surface area contributed by atoms with Crippen molar-refractivity contribution in [2.75, 3.05) is 0 Å². The minimum Gasteiger partial charge on any atom is -0.269 e. The number of rotatable bonds is 2. The highest BCUT2D eigenvalue weighted by Gasteiger charge is 2.30. The lowest BCUT2D eigenvalue weighted by molar-refractivity contribution is 0.506. The summed E-state index contributed by atoms with van der Waals surface area (Å²) in [5.41, 5.74) is 0.464. The van der Waals surface area contributed by atoms with E-state index >= 15 is 0 Å². The maximum atomic E-state index is 13.4. The van der Waals surface area contributed by atoms with Crippen molar-refractivity contribution in [3.05, 3.63) is 70.4 Å². The minimum absolute atomic E-state index is 0.189. The van der Waals surface area contributed by atoms with Crippen LogP contribution in [-0.2, 0) is 6.42 Å². The molecule has 0 spiro atoms. The Kier molecular flexibility index (Phi) is 3.03. The van der Waals surface area contributed by atoms with Crippen molar-refractivity contribution in [3.8, 4) is 5.69 Å². The monoisotopic (exact) mass is 315 g/mol. The van der Waals surface area contributed by atoms with Crippen molar-refractivity contribution in [2.45, 2.75) is 18.9 Å².